The Labute approximate surface area is 377 Å². The van der Waals surface area contributed by atoms with Gasteiger partial charge in [-0.25, -0.2) is 36.7 Å². The van der Waals surface area contributed by atoms with Crippen LogP contribution in [0.4, 0.5) is 26.7 Å². The van der Waals surface area contributed by atoms with Crippen LogP contribution in [0.3, 0.4) is 0 Å². The number of alkyl carbamates (subject to hydrolysis) is 1. The molecular formula is C47H52F5N9O5. The summed E-state index contributed by atoms with van der Waals surface area (Å²) in [6, 6.07) is 7.40. The predicted octanol–water partition coefficient (Wildman–Crippen LogP) is 8.35. The molecule has 66 heavy (non-hydrogen) atoms. The van der Waals surface area contributed by atoms with Crippen LogP contribution in [0, 0.1) is 17.7 Å². The third-order valence-corrected chi connectivity index (χ3v) is 12.3. The highest BCUT2D eigenvalue weighted by Crippen LogP contribution is 2.48. The van der Waals surface area contributed by atoms with Crippen LogP contribution in [0.25, 0.3) is 44.7 Å². The number of nitrogens with two attached hydrogens (primary N) is 1. The van der Waals surface area contributed by atoms with Crippen LogP contribution < -0.4 is 21.1 Å². The first-order valence-electron chi connectivity index (χ1n) is 21.9. The van der Waals surface area contributed by atoms with E-state index >= 15 is 4.39 Å². The molecular weight excluding hydrogens is 866 g/mol. The maximum atomic E-state index is 16.6. The number of rotatable bonds is 14. The molecule has 1 aliphatic carbocycles. The SMILES string of the molecule is COC(=O)NC(C(=O)NCC(F)(F)CCc1ncc(-c2ccc3c(c2)cc2n3C(C3=CCCC=C3)Oc3cc(-c4cnc(C5CC(F)(F)CN5C(=O)C(N)C(C)C)[nH]4)cc(F)c3-2)[nH]1)C(C)C. The summed E-state index contributed by atoms with van der Waals surface area (Å²) in [5, 5.41) is 5.34. The van der Waals surface area contributed by atoms with E-state index in [2.05, 4.69) is 41.4 Å². The zero-order valence-corrected chi connectivity index (χ0v) is 37.1. The van der Waals surface area contributed by atoms with E-state index in [-0.39, 0.29) is 35.4 Å². The van der Waals surface area contributed by atoms with Crippen LogP contribution in [-0.4, -0.2) is 91.4 Å². The molecule has 350 valence electrons. The highest BCUT2D eigenvalue weighted by atomic mass is 19.3. The molecule has 2 aromatic carbocycles. The van der Waals surface area contributed by atoms with Crippen LogP contribution in [0.1, 0.15) is 77.3 Å². The lowest BCUT2D eigenvalue weighted by molar-refractivity contribution is -0.135. The van der Waals surface area contributed by atoms with Gasteiger partial charge in [-0.05, 0) is 55.0 Å². The van der Waals surface area contributed by atoms with E-state index in [1.54, 1.807) is 40.0 Å². The van der Waals surface area contributed by atoms with E-state index in [0.717, 1.165) is 41.3 Å². The molecule has 1 fully saturated rings. The summed E-state index contributed by atoms with van der Waals surface area (Å²) in [5.41, 5.74) is 10.4. The molecule has 2 aliphatic heterocycles. The van der Waals surface area contributed by atoms with E-state index < -0.39 is 85.9 Å². The highest BCUT2D eigenvalue weighted by molar-refractivity contribution is 5.93. The Morgan fingerprint density at radius 3 is 2.48 bits per heavy atom. The van der Waals surface area contributed by atoms with Crippen molar-refractivity contribution in [2.24, 2.45) is 17.6 Å². The molecule has 0 radical (unpaired) electrons. The van der Waals surface area contributed by atoms with Gasteiger partial charge in [0.05, 0.1) is 72.8 Å². The molecule has 19 heteroatoms. The van der Waals surface area contributed by atoms with Gasteiger partial charge in [0.2, 0.25) is 18.0 Å². The molecule has 4 atom stereocenters. The molecule has 5 heterocycles. The molecule has 14 nitrogen and oxygen atoms in total. The highest BCUT2D eigenvalue weighted by Gasteiger charge is 2.50. The van der Waals surface area contributed by atoms with Gasteiger partial charge in [-0.15, -0.1) is 0 Å². The van der Waals surface area contributed by atoms with Crippen LogP contribution in [0.5, 0.6) is 5.75 Å². The summed E-state index contributed by atoms with van der Waals surface area (Å²) in [4.78, 5) is 53.5. The van der Waals surface area contributed by atoms with Crippen molar-refractivity contribution in [3.63, 3.8) is 0 Å². The molecule has 5 aromatic rings. The average molecular weight is 918 g/mol. The van der Waals surface area contributed by atoms with E-state index in [1.165, 1.54) is 12.3 Å². The molecule has 3 aromatic heterocycles. The van der Waals surface area contributed by atoms with Gasteiger partial charge in [-0.2, -0.15) is 0 Å². The summed E-state index contributed by atoms with van der Waals surface area (Å²) < 4.78 is 89.3. The smallest absolute Gasteiger partial charge is 0.407 e. The van der Waals surface area contributed by atoms with Crippen LogP contribution >= 0.6 is 0 Å². The third kappa shape index (κ3) is 9.30. The minimum atomic E-state index is -3.28. The minimum absolute atomic E-state index is 0.124. The van der Waals surface area contributed by atoms with Crippen molar-refractivity contribution in [2.75, 3.05) is 20.2 Å². The molecule has 6 N–H and O–H groups in total. The van der Waals surface area contributed by atoms with Crippen molar-refractivity contribution >= 4 is 28.8 Å². The van der Waals surface area contributed by atoms with Gasteiger partial charge in [0.1, 0.15) is 29.3 Å². The number of H-pyrrole nitrogens is 2. The zero-order chi connectivity index (χ0) is 47.2. The van der Waals surface area contributed by atoms with E-state index in [0.29, 0.717) is 34.0 Å². The third-order valence-electron chi connectivity index (χ3n) is 12.3. The molecule has 1 saturated heterocycles. The van der Waals surface area contributed by atoms with Crippen molar-refractivity contribution in [2.45, 2.75) is 96.0 Å². The predicted molar refractivity (Wildman–Crippen MR) is 236 cm³/mol. The summed E-state index contributed by atoms with van der Waals surface area (Å²) >= 11 is 0. The number of carbonyl (C=O) groups excluding carboxylic acids is 3. The van der Waals surface area contributed by atoms with Gasteiger partial charge in [0.15, 0.2) is 0 Å². The Morgan fingerprint density at radius 2 is 1.77 bits per heavy atom. The van der Waals surface area contributed by atoms with Crippen molar-refractivity contribution in [3.05, 3.63) is 90.1 Å². The first kappa shape index (κ1) is 46.0. The fourth-order valence-electron chi connectivity index (χ4n) is 8.63. The molecule has 0 spiro atoms. The number of likely N-dealkylation sites (tertiary alicyclic amines) is 1. The molecule has 0 saturated carbocycles. The number of methoxy groups -OCH3 is 1. The average Bonchev–Trinajstić information content (AvgIpc) is 4.11. The fraction of sp³-hybridized carbons (Fsp3) is 0.426. The minimum Gasteiger partial charge on any atom is -0.465 e. The van der Waals surface area contributed by atoms with Crippen molar-refractivity contribution < 1.29 is 45.8 Å². The van der Waals surface area contributed by atoms with Gasteiger partial charge in [0.25, 0.3) is 11.8 Å². The lowest BCUT2D eigenvalue weighted by Crippen LogP contribution is -2.51. The number of benzene rings is 2. The summed E-state index contributed by atoms with van der Waals surface area (Å²) in [7, 11) is 1.14. The van der Waals surface area contributed by atoms with E-state index in [1.807, 2.05) is 41.0 Å². The van der Waals surface area contributed by atoms with E-state index in [4.69, 9.17) is 10.5 Å². The number of aromatic amines is 2. The van der Waals surface area contributed by atoms with Gasteiger partial charge in [0, 0.05) is 41.3 Å². The molecule has 0 bridgehead atoms. The molecule has 4 unspecified atom stereocenters. The number of aryl methyl sites for hydroxylation is 1. The van der Waals surface area contributed by atoms with Crippen LogP contribution in [0.15, 0.2) is 72.6 Å². The number of nitrogens with one attached hydrogen (secondary N) is 4. The van der Waals surface area contributed by atoms with Gasteiger partial charge >= 0.3 is 6.09 Å². The number of halogens is 5. The largest absolute Gasteiger partial charge is 0.465 e. The first-order valence-corrected chi connectivity index (χ1v) is 21.9. The topological polar surface area (TPSA) is 185 Å². The molecule has 3 aliphatic rings. The second-order valence-electron chi connectivity index (χ2n) is 17.8. The summed E-state index contributed by atoms with van der Waals surface area (Å²) in [6.45, 7) is 5.10. The Morgan fingerprint density at radius 1 is 1.02 bits per heavy atom. The van der Waals surface area contributed by atoms with Crippen LogP contribution in [0.2, 0.25) is 0 Å². The fourth-order valence-corrected chi connectivity index (χ4v) is 8.63. The Bertz CT molecular complexity index is 2720. The van der Waals surface area contributed by atoms with Crippen molar-refractivity contribution in [1.29, 1.82) is 0 Å². The van der Waals surface area contributed by atoms with Crippen LogP contribution in [-0.2, 0) is 20.7 Å². The number of nitrogens with zero attached hydrogens (tertiary/aromatic N) is 4. The number of imidazole rings is 2. The van der Waals surface area contributed by atoms with Gasteiger partial charge in [-0.1, -0.05) is 52.0 Å². The molecule has 8 rings (SSSR count). The maximum absolute atomic E-state index is 16.6. The number of ether oxygens (including phenoxy) is 2. The number of hydrogen-bond donors (Lipinski definition) is 5. The lowest BCUT2D eigenvalue weighted by atomic mass is 10.0. The standard InChI is InChI=1S/C47H52F5N9O5/c1-24(2)39(53)43(63)60-23-47(51,52)19-35(60)41-55-21-32(58-41)28-16-30(48)38-34-17-29-15-27(11-12-33(29)61(34)44(66-36(38)18-28)26-9-7-6-8-10-26)31-20-54-37(57-31)13-14-46(49,50)22-56-42(62)40(25(3)4)59-45(64)65-5/h7,9-12,15-18,20-21,24-25,35,39-40,44H,6,8,13-14,19,22-23,53H2,1-5H3,(H,54,57)(H,55,58)(H,56,62)(H,59,64). The number of alkyl halides is 4. The monoisotopic (exact) mass is 917 g/mol. The Kier molecular flexibility index (Phi) is 12.6. The Balaban J connectivity index is 1.04. The van der Waals surface area contributed by atoms with E-state index in [9.17, 15) is 31.9 Å². The number of amides is 3. The normalized spacial score (nSPS) is 18.7. The number of fused-ring (bicyclic) bond motifs is 5. The first-order chi connectivity index (χ1) is 31.3. The summed E-state index contributed by atoms with van der Waals surface area (Å²) in [6.07, 6.45) is 7.79. The van der Waals surface area contributed by atoms with Crippen molar-refractivity contribution in [1.82, 2.24) is 40.0 Å². The maximum Gasteiger partial charge on any atom is 0.407 e. The number of aromatic nitrogens is 5. The lowest BCUT2D eigenvalue weighted by Gasteiger charge is -2.32. The van der Waals surface area contributed by atoms with Crippen molar-refractivity contribution in [3.8, 4) is 39.5 Å². The second-order valence-corrected chi connectivity index (χ2v) is 17.8. The number of carbonyl (C=O) groups is 3. The Hall–Kier alpha value is -6.50. The van der Waals surface area contributed by atoms with Gasteiger partial charge < -0.3 is 45.3 Å². The zero-order valence-electron chi connectivity index (χ0n) is 37.1. The summed E-state index contributed by atoms with van der Waals surface area (Å²) in [5.74, 6) is -8.34. The molecule has 3 amide bonds. The number of hydrogen-bond acceptors (Lipinski definition) is 8. The quantitative estimate of drug-likeness (QED) is 0.0688. The second kappa shape index (κ2) is 18.1. The number of allylic oxidation sites excluding steroid dienone is 2. The van der Waals surface area contributed by atoms with Gasteiger partial charge in [-0.3, -0.25) is 9.59 Å².